The average molecular weight is 363 g/mol. The number of carbonyl (C=O) groups excluding carboxylic acids is 1. The molecule has 2 heterocycles. The molecule has 0 bridgehead atoms. The number of hydrogen-bond acceptors (Lipinski definition) is 3. The lowest BCUT2D eigenvalue weighted by Crippen LogP contribution is -2.17. The summed E-state index contributed by atoms with van der Waals surface area (Å²) in [5.41, 5.74) is 4.80. The molecule has 1 aliphatic rings. The van der Waals surface area contributed by atoms with Gasteiger partial charge in [0.15, 0.2) is 0 Å². The molecule has 1 aromatic heterocycles. The van der Waals surface area contributed by atoms with Crippen LogP contribution in [0.3, 0.4) is 0 Å². The van der Waals surface area contributed by atoms with Gasteiger partial charge in [-0.15, -0.1) is 0 Å². The SMILES string of the molecule is Cc1ccccc1NC(=O)/C(C#N)=C/c1cc(C)n(C[C@@H]2CCCO2)c1C. The van der Waals surface area contributed by atoms with Crippen LogP contribution in [0, 0.1) is 32.1 Å². The van der Waals surface area contributed by atoms with Gasteiger partial charge < -0.3 is 14.6 Å². The fourth-order valence-electron chi connectivity index (χ4n) is 3.45. The molecule has 1 atom stereocenters. The van der Waals surface area contributed by atoms with Crippen molar-refractivity contribution < 1.29 is 9.53 Å². The monoisotopic (exact) mass is 363 g/mol. The fourth-order valence-corrected chi connectivity index (χ4v) is 3.45. The number of amides is 1. The smallest absolute Gasteiger partial charge is 0.266 e. The number of aryl methyl sites for hydroxylation is 2. The third kappa shape index (κ3) is 4.29. The first-order valence-electron chi connectivity index (χ1n) is 9.26. The van der Waals surface area contributed by atoms with Crippen molar-refractivity contribution in [3.05, 3.63) is 58.4 Å². The van der Waals surface area contributed by atoms with Gasteiger partial charge in [0.2, 0.25) is 0 Å². The molecule has 27 heavy (non-hydrogen) atoms. The third-order valence-electron chi connectivity index (χ3n) is 5.08. The molecule has 0 unspecified atom stereocenters. The van der Waals surface area contributed by atoms with E-state index < -0.39 is 5.91 Å². The van der Waals surface area contributed by atoms with Crippen LogP contribution in [0.25, 0.3) is 6.08 Å². The van der Waals surface area contributed by atoms with Crippen LogP contribution in [0.2, 0.25) is 0 Å². The highest BCUT2D eigenvalue weighted by molar-refractivity contribution is 6.10. The Balaban J connectivity index is 1.82. The Bertz CT molecular complexity index is 912. The van der Waals surface area contributed by atoms with Crippen LogP contribution < -0.4 is 5.32 Å². The Labute approximate surface area is 160 Å². The van der Waals surface area contributed by atoms with Gasteiger partial charge >= 0.3 is 0 Å². The lowest BCUT2D eigenvalue weighted by molar-refractivity contribution is -0.112. The summed E-state index contributed by atoms with van der Waals surface area (Å²) in [6, 6.07) is 11.6. The van der Waals surface area contributed by atoms with Gasteiger partial charge in [-0.25, -0.2) is 0 Å². The fraction of sp³-hybridized carbons (Fsp3) is 0.364. The van der Waals surface area contributed by atoms with Crippen LogP contribution in [0.15, 0.2) is 35.9 Å². The Morgan fingerprint density at radius 3 is 2.81 bits per heavy atom. The van der Waals surface area contributed by atoms with Crippen molar-refractivity contribution in [2.75, 3.05) is 11.9 Å². The minimum Gasteiger partial charge on any atom is -0.376 e. The molecule has 1 aromatic carbocycles. The third-order valence-corrected chi connectivity index (χ3v) is 5.08. The van der Waals surface area contributed by atoms with Gasteiger partial charge in [0, 0.05) is 30.2 Å². The lowest BCUT2D eigenvalue weighted by Gasteiger charge is -2.14. The van der Waals surface area contributed by atoms with E-state index in [9.17, 15) is 10.1 Å². The van der Waals surface area contributed by atoms with E-state index in [0.29, 0.717) is 5.69 Å². The predicted molar refractivity (Wildman–Crippen MR) is 106 cm³/mol. The van der Waals surface area contributed by atoms with Crippen LogP contribution in [0.1, 0.15) is 35.4 Å². The van der Waals surface area contributed by atoms with E-state index >= 15 is 0 Å². The second-order valence-corrected chi connectivity index (χ2v) is 7.01. The molecule has 0 aliphatic carbocycles. The van der Waals surface area contributed by atoms with Crippen molar-refractivity contribution in [1.29, 1.82) is 5.26 Å². The number of anilines is 1. The van der Waals surface area contributed by atoms with Gasteiger partial charge in [0.25, 0.3) is 5.91 Å². The second-order valence-electron chi connectivity index (χ2n) is 7.01. The summed E-state index contributed by atoms with van der Waals surface area (Å²) >= 11 is 0. The van der Waals surface area contributed by atoms with Crippen molar-refractivity contribution in [3.8, 4) is 6.07 Å². The van der Waals surface area contributed by atoms with Crippen molar-refractivity contribution >= 4 is 17.7 Å². The van der Waals surface area contributed by atoms with E-state index in [4.69, 9.17) is 4.74 Å². The molecule has 1 aliphatic heterocycles. The molecule has 0 spiro atoms. The van der Waals surface area contributed by atoms with Gasteiger partial charge in [0.1, 0.15) is 11.6 Å². The number of hydrogen-bond donors (Lipinski definition) is 1. The number of ether oxygens (including phenoxy) is 1. The van der Waals surface area contributed by atoms with E-state index in [2.05, 4.69) is 9.88 Å². The van der Waals surface area contributed by atoms with Gasteiger partial charge in [-0.2, -0.15) is 5.26 Å². The number of nitrogens with one attached hydrogen (secondary N) is 1. The number of para-hydroxylation sites is 1. The quantitative estimate of drug-likeness (QED) is 0.641. The summed E-state index contributed by atoms with van der Waals surface area (Å²) < 4.78 is 7.95. The number of benzene rings is 1. The molecule has 0 radical (unpaired) electrons. The van der Waals surface area contributed by atoms with Gasteiger partial charge in [0.05, 0.1) is 6.10 Å². The summed E-state index contributed by atoms with van der Waals surface area (Å²) in [7, 11) is 0. The van der Waals surface area contributed by atoms with Crippen molar-refractivity contribution in [2.24, 2.45) is 0 Å². The molecule has 0 saturated carbocycles. The van der Waals surface area contributed by atoms with E-state index in [1.54, 1.807) is 6.08 Å². The highest BCUT2D eigenvalue weighted by atomic mass is 16.5. The Morgan fingerprint density at radius 2 is 2.15 bits per heavy atom. The minimum absolute atomic E-state index is 0.0932. The van der Waals surface area contributed by atoms with Crippen LogP contribution in [0.5, 0.6) is 0 Å². The maximum Gasteiger partial charge on any atom is 0.266 e. The largest absolute Gasteiger partial charge is 0.376 e. The average Bonchev–Trinajstić information content (AvgIpc) is 3.25. The zero-order valence-corrected chi connectivity index (χ0v) is 16.1. The van der Waals surface area contributed by atoms with E-state index in [1.807, 2.05) is 57.2 Å². The molecule has 1 amide bonds. The summed E-state index contributed by atoms with van der Waals surface area (Å²) in [6.07, 6.45) is 4.09. The molecule has 1 N–H and O–H groups in total. The molecule has 1 saturated heterocycles. The van der Waals surface area contributed by atoms with E-state index in [0.717, 1.165) is 48.5 Å². The second kappa shape index (κ2) is 8.24. The number of nitrogens with zero attached hydrogens (tertiary/aromatic N) is 2. The Morgan fingerprint density at radius 1 is 1.37 bits per heavy atom. The number of aromatic nitrogens is 1. The molecule has 2 aromatic rings. The van der Waals surface area contributed by atoms with Crippen LogP contribution in [0.4, 0.5) is 5.69 Å². The van der Waals surface area contributed by atoms with Crippen molar-refractivity contribution in [2.45, 2.75) is 46.3 Å². The summed E-state index contributed by atoms with van der Waals surface area (Å²) in [6.45, 7) is 7.61. The molecule has 5 nitrogen and oxygen atoms in total. The van der Waals surface area contributed by atoms with E-state index in [1.165, 1.54) is 0 Å². The van der Waals surface area contributed by atoms with E-state index in [-0.39, 0.29) is 11.7 Å². The normalized spacial score (nSPS) is 17.0. The van der Waals surface area contributed by atoms with Crippen molar-refractivity contribution in [3.63, 3.8) is 0 Å². The van der Waals surface area contributed by atoms with Gasteiger partial charge in [-0.05, 0) is 62.9 Å². The highest BCUT2D eigenvalue weighted by Crippen LogP contribution is 2.22. The van der Waals surface area contributed by atoms with Crippen LogP contribution in [-0.4, -0.2) is 23.2 Å². The maximum atomic E-state index is 12.6. The molecular weight excluding hydrogens is 338 g/mol. The van der Waals surface area contributed by atoms with Crippen LogP contribution >= 0.6 is 0 Å². The zero-order chi connectivity index (χ0) is 19.4. The standard InChI is InChI=1S/C22H25N3O2/c1-15-7-4-5-9-21(15)24-22(26)19(13-23)12-18-11-16(2)25(17(18)3)14-20-8-6-10-27-20/h4-5,7,9,11-12,20H,6,8,10,14H2,1-3H3,(H,24,26)/b19-12+/t20-/m0/s1. The molecular formula is C22H25N3O2. The zero-order valence-electron chi connectivity index (χ0n) is 16.1. The Kier molecular flexibility index (Phi) is 5.78. The minimum atomic E-state index is -0.393. The molecule has 3 rings (SSSR count). The number of nitriles is 1. The van der Waals surface area contributed by atoms with Gasteiger partial charge in [-0.1, -0.05) is 18.2 Å². The maximum absolute atomic E-state index is 12.6. The Hall–Kier alpha value is -2.84. The number of carbonyl (C=O) groups is 1. The molecule has 140 valence electrons. The predicted octanol–water partition coefficient (Wildman–Crippen LogP) is 4.14. The summed E-state index contributed by atoms with van der Waals surface area (Å²) in [5, 5.41) is 12.3. The molecule has 5 heteroatoms. The lowest BCUT2D eigenvalue weighted by atomic mass is 10.1. The van der Waals surface area contributed by atoms with Gasteiger partial charge in [-0.3, -0.25) is 4.79 Å². The molecule has 1 fully saturated rings. The summed E-state index contributed by atoms with van der Waals surface area (Å²) in [5.74, 6) is -0.393. The first-order valence-corrected chi connectivity index (χ1v) is 9.26. The topological polar surface area (TPSA) is 67.0 Å². The first kappa shape index (κ1) is 18.9. The van der Waals surface area contributed by atoms with Crippen molar-refractivity contribution in [1.82, 2.24) is 4.57 Å². The first-order chi connectivity index (χ1) is 13.0. The number of rotatable bonds is 5. The summed E-state index contributed by atoms with van der Waals surface area (Å²) in [4.78, 5) is 12.6. The highest BCUT2D eigenvalue weighted by Gasteiger charge is 2.19. The van der Waals surface area contributed by atoms with Crippen LogP contribution in [-0.2, 0) is 16.1 Å².